The predicted molar refractivity (Wildman–Crippen MR) is 64.8 cm³/mol. The van der Waals surface area contributed by atoms with E-state index >= 15 is 0 Å². The Morgan fingerprint density at radius 2 is 2.07 bits per heavy atom. The third-order valence-electron chi connectivity index (χ3n) is 2.67. The van der Waals surface area contributed by atoms with Crippen LogP contribution in [0.3, 0.4) is 0 Å². The van der Waals surface area contributed by atoms with Crippen LogP contribution in [0.15, 0.2) is 0 Å². The highest BCUT2D eigenvalue weighted by molar-refractivity contribution is 14.1. The average Bonchev–Trinajstić information content (AvgIpc) is 2.17. The molecule has 0 atom stereocenters. The van der Waals surface area contributed by atoms with Crippen LogP contribution in [-0.4, -0.2) is 65.9 Å². The molecule has 0 aromatic rings. The summed E-state index contributed by atoms with van der Waals surface area (Å²) in [7, 11) is 0. The number of hydrogen-bond donors (Lipinski definition) is 1. The second kappa shape index (κ2) is 5.42. The fraction of sp³-hybridized carbons (Fsp3) is 0.889. The molecular weight excluding hydrogens is 309 g/mol. The summed E-state index contributed by atoms with van der Waals surface area (Å²) in [6, 6.07) is 0.357. The Balaban J connectivity index is 1.63. The SMILES string of the molecule is O=C(CN1CCOCC1)NC1CN(I)C1. The molecule has 0 bridgehead atoms. The van der Waals surface area contributed by atoms with Gasteiger partial charge in [0.1, 0.15) is 0 Å². The number of rotatable bonds is 3. The summed E-state index contributed by atoms with van der Waals surface area (Å²) < 4.78 is 7.39. The number of nitrogens with zero attached hydrogens (tertiary/aromatic N) is 2. The van der Waals surface area contributed by atoms with E-state index in [4.69, 9.17) is 4.74 Å². The zero-order valence-corrected chi connectivity index (χ0v) is 10.8. The van der Waals surface area contributed by atoms with Gasteiger partial charge in [-0.05, 0) is 0 Å². The number of amides is 1. The van der Waals surface area contributed by atoms with Gasteiger partial charge in [0, 0.05) is 49.0 Å². The van der Waals surface area contributed by atoms with Crippen molar-refractivity contribution in [3.05, 3.63) is 0 Å². The maximum absolute atomic E-state index is 11.6. The molecule has 6 heteroatoms. The summed E-state index contributed by atoms with van der Waals surface area (Å²) in [6.07, 6.45) is 0. The molecule has 0 aromatic heterocycles. The van der Waals surface area contributed by atoms with Gasteiger partial charge in [-0.2, -0.15) is 0 Å². The maximum Gasteiger partial charge on any atom is 0.234 e. The van der Waals surface area contributed by atoms with E-state index in [1.807, 2.05) is 0 Å². The van der Waals surface area contributed by atoms with Crippen LogP contribution in [0.5, 0.6) is 0 Å². The van der Waals surface area contributed by atoms with E-state index in [9.17, 15) is 4.79 Å². The van der Waals surface area contributed by atoms with Gasteiger partial charge in [-0.3, -0.25) is 9.69 Å². The molecule has 1 N–H and O–H groups in total. The lowest BCUT2D eigenvalue weighted by Gasteiger charge is -2.35. The summed E-state index contributed by atoms with van der Waals surface area (Å²) >= 11 is 2.27. The number of morpholine rings is 1. The molecule has 2 heterocycles. The standard InChI is InChI=1S/C9H16IN3O2/c10-13-5-8(6-13)11-9(14)7-12-1-3-15-4-2-12/h8H,1-7H2,(H,11,14). The van der Waals surface area contributed by atoms with Gasteiger partial charge in [0.2, 0.25) is 5.91 Å². The normalized spacial score (nSPS) is 24.9. The van der Waals surface area contributed by atoms with Crippen LogP contribution in [0.25, 0.3) is 0 Å². The average molecular weight is 325 g/mol. The van der Waals surface area contributed by atoms with E-state index in [0.29, 0.717) is 12.6 Å². The van der Waals surface area contributed by atoms with Crippen LogP contribution in [0.1, 0.15) is 0 Å². The second-order valence-electron chi connectivity index (χ2n) is 3.98. The van der Waals surface area contributed by atoms with E-state index in [1.54, 1.807) is 0 Å². The Morgan fingerprint density at radius 3 is 2.67 bits per heavy atom. The number of halogens is 1. The largest absolute Gasteiger partial charge is 0.379 e. The van der Waals surface area contributed by atoms with Gasteiger partial charge in [-0.15, -0.1) is 0 Å². The third-order valence-corrected chi connectivity index (χ3v) is 3.46. The number of carbonyl (C=O) groups is 1. The molecule has 0 spiro atoms. The third kappa shape index (κ3) is 3.54. The molecule has 2 fully saturated rings. The molecule has 2 rings (SSSR count). The first kappa shape index (κ1) is 11.6. The zero-order valence-electron chi connectivity index (χ0n) is 8.62. The molecule has 0 aliphatic carbocycles. The van der Waals surface area contributed by atoms with Crippen molar-refractivity contribution >= 4 is 28.8 Å². The van der Waals surface area contributed by atoms with Crippen LogP contribution < -0.4 is 5.32 Å². The quantitative estimate of drug-likeness (QED) is 0.560. The van der Waals surface area contributed by atoms with Crippen LogP contribution in [0, 0.1) is 0 Å². The maximum atomic E-state index is 11.6. The number of ether oxygens (including phenoxy) is 1. The first-order valence-electron chi connectivity index (χ1n) is 5.24. The smallest absolute Gasteiger partial charge is 0.234 e. The summed E-state index contributed by atoms with van der Waals surface area (Å²) in [4.78, 5) is 13.7. The minimum Gasteiger partial charge on any atom is -0.379 e. The van der Waals surface area contributed by atoms with Crippen LogP contribution in [0.4, 0.5) is 0 Å². The Morgan fingerprint density at radius 1 is 1.40 bits per heavy atom. The van der Waals surface area contributed by atoms with Crippen molar-refractivity contribution in [1.82, 2.24) is 13.3 Å². The number of hydrogen-bond acceptors (Lipinski definition) is 4. The van der Waals surface area contributed by atoms with Crippen LogP contribution in [0.2, 0.25) is 0 Å². The molecule has 86 valence electrons. The van der Waals surface area contributed by atoms with Crippen molar-refractivity contribution in [3.63, 3.8) is 0 Å². The number of nitrogens with one attached hydrogen (secondary N) is 1. The fourth-order valence-electron chi connectivity index (χ4n) is 1.75. The van der Waals surface area contributed by atoms with Gasteiger partial charge >= 0.3 is 0 Å². The Bertz CT molecular complexity index is 227. The molecule has 1 amide bonds. The van der Waals surface area contributed by atoms with Gasteiger partial charge in [0.05, 0.1) is 25.8 Å². The van der Waals surface area contributed by atoms with Gasteiger partial charge in [0.25, 0.3) is 0 Å². The van der Waals surface area contributed by atoms with Crippen molar-refractivity contribution in [2.45, 2.75) is 6.04 Å². The zero-order chi connectivity index (χ0) is 10.7. The monoisotopic (exact) mass is 325 g/mol. The highest BCUT2D eigenvalue weighted by Crippen LogP contribution is 2.12. The first-order valence-corrected chi connectivity index (χ1v) is 6.21. The predicted octanol–water partition coefficient (Wildman–Crippen LogP) is -0.531. The highest BCUT2D eigenvalue weighted by Gasteiger charge is 2.26. The topological polar surface area (TPSA) is 44.8 Å². The minimum absolute atomic E-state index is 0.145. The summed E-state index contributed by atoms with van der Waals surface area (Å²) in [5.41, 5.74) is 0. The summed E-state index contributed by atoms with van der Waals surface area (Å²) in [5, 5.41) is 3.03. The van der Waals surface area contributed by atoms with Gasteiger partial charge in [-0.1, -0.05) is 0 Å². The Hall–Kier alpha value is 0.0800. The fourth-order valence-corrected chi connectivity index (χ4v) is 2.70. The molecule has 5 nitrogen and oxygen atoms in total. The molecule has 2 saturated heterocycles. The molecule has 2 aliphatic heterocycles. The first-order chi connectivity index (χ1) is 7.24. The van der Waals surface area contributed by atoms with E-state index in [2.05, 4.69) is 36.2 Å². The molecule has 0 saturated carbocycles. The van der Waals surface area contributed by atoms with Crippen molar-refractivity contribution < 1.29 is 9.53 Å². The minimum atomic E-state index is 0.145. The van der Waals surface area contributed by atoms with Crippen molar-refractivity contribution in [1.29, 1.82) is 0 Å². The lowest BCUT2D eigenvalue weighted by molar-refractivity contribution is -0.124. The lowest BCUT2D eigenvalue weighted by atomic mass is 10.2. The second-order valence-corrected chi connectivity index (χ2v) is 5.35. The lowest BCUT2D eigenvalue weighted by Crippen LogP contribution is -2.57. The molecular formula is C9H16IN3O2. The summed E-state index contributed by atoms with van der Waals surface area (Å²) in [6.45, 7) is 5.69. The van der Waals surface area contributed by atoms with Crippen molar-refractivity contribution in [2.24, 2.45) is 0 Å². The van der Waals surface area contributed by atoms with E-state index in [1.165, 1.54) is 0 Å². The van der Waals surface area contributed by atoms with Crippen molar-refractivity contribution in [2.75, 3.05) is 45.9 Å². The molecule has 15 heavy (non-hydrogen) atoms. The Kier molecular flexibility index (Phi) is 4.18. The van der Waals surface area contributed by atoms with E-state index < -0.39 is 0 Å². The molecule has 0 unspecified atom stereocenters. The van der Waals surface area contributed by atoms with Gasteiger partial charge in [-0.25, -0.2) is 3.11 Å². The molecule has 2 aliphatic rings. The molecule has 0 radical (unpaired) electrons. The van der Waals surface area contributed by atoms with Crippen molar-refractivity contribution in [3.8, 4) is 0 Å². The van der Waals surface area contributed by atoms with Gasteiger partial charge < -0.3 is 10.1 Å². The van der Waals surface area contributed by atoms with Crippen LogP contribution in [-0.2, 0) is 9.53 Å². The van der Waals surface area contributed by atoms with E-state index in [0.717, 1.165) is 39.4 Å². The summed E-state index contributed by atoms with van der Waals surface area (Å²) in [5.74, 6) is 0.145. The number of carbonyl (C=O) groups excluding carboxylic acids is 1. The van der Waals surface area contributed by atoms with Gasteiger partial charge in [0.15, 0.2) is 0 Å². The van der Waals surface area contributed by atoms with E-state index in [-0.39, 0.29) is 5.91 Å². The Labute approximate surface area is 104 Å². The molecule has 0 aromatic carbocycles. The van der Waals surface area contributed by atoms with Crippen LogP contribution >= 0.6 is 22.9 Å². The highest BCUT2D eigenvalue weighted by atomic mass is 127.